The Morgan fingerprint density at radius 1 is 1.47 bits per heavy atom. The lowest BCUT2D eigenvalue weighted by Gasteiger charge is -2.34. The number of nitrogens with one attached hydrogen (secondary N) is 1. The summed E-state index contributed by atoms with van der Waals surface area (Å²) < 4.78 is 74.0. The van der Waals surface area contributed by atoms with Crippen molar-refractivity contribution >= 4 is 13.7 Å². The van der Waals surface area contributed by atoms with Crippen LogP contribution < -0.4 is 9.84 Å². The van der Waals surface area contributed by atoms with Crippen molar-refractivity contribution in [3.8, 4) is 5.75 Å². The van der Waals surface area contributed by atoms with Crippen molar-refractivity contribution in [2.24, 2.45) is 0 Å². The molecule has 1 fully saturated rings. The third-order valence-corrected chi connectivity index (χ3v) is 6.19. The number of fused-ring (bicyclic) bond motifs is 1. The Kier molecular flexibility index (Phi) is 4.77. The predicted molar refractivity (Wildman–Crippen MR) is 108 cm³/mol. The van der Waals surface area contributed by atoms with E-state index in [-0.39, 0.29) is 23.8 Å². The SMILES string of the molecule is [2H]C([2H])(OP1(=O)OCc2cc(C)cc(C)c2O1)[C@@]1(F)O[C@@]([2H])(N2C=C(C)C(=O)NC2=C)[C@H](O)[C@@H]1O. The van der Waals surface area contributed by atoms with E-state index in [4.69, 9.17) is 22.4 Å². The van der Waals surface area contributed by atoms with Crippen molar-refractivity contribution in [1.82, 2.24) is 10.2 Å². The number of aliphatic hydroxyl groups is 2. The number of halogens is 1. The van der Waals surface area contributed by atoms with E-state index >= 15 is 4.39 Å². The van der Waals surface area contributed by atoms with Gasteiger partial charge in [-0.05, 0) is 26.3 Å². The van der Waals surface area contributed by atoms with Gasteiger partial charge in [-0.3, -0.25) is 13.8 Å². The molecule has 0 spiro atoms. The summed E-state index contributed by atoms with van der Waals surface area (Å²) in [6.07, 6.45) is -6.99. The first-order valence-electron chi connectivity index (χ1n) is 11.0. The molecule has 0 bridgehead atoms. The van der Waals surface area contributed by atoms with Gasteiger partial charge < -0.3 is 29.7 Å². The van der Waals surface area contributed by atoms with Crippen LogP contribution in [0.2, 0.25) is 0 Å². The van der Waals surface area contributed by atoms with Gasteiger partial charge in [0.05, 0.1) is 10.7 Å². The summed E-state index contributed by atoms with van der Waals surface area (Å²) in [6, 6.07) is 3.42. The zero-order valence-corrected chi connectivity index (χ0v) is 18.3. The monoisotopic (exact) mass is 473 g/mol. The third-order valence-electron chi connectivity index (χ3n) is 5.03. The Morgan fingerprint density at radius 2 is 2.19 bits per heavy atom. The average Bonchev–Trinajstić information content (AvgIpc) is 2.93. The number of aryl methyl sites for hydroxylation is 2. The van der Waals surface area contributed by atoms with Crippen LogP contribution in [0.3, 0.4) is 0 Å². The number of carbonyl (C=O) groups excluding carboxylic acids is 1. The van der Waals surface area contributed by atoms with Gasteiger partial charge in [0.15, 0.2) is 6.20 Å². The van der Waals surface area contributed by atoms with Gasteiger partial charge in [0.1, 0.15) is 30.3 Å². The summed E-state index contributed by atoms with van der Waals surface area (Å²) >= 11 is 0. The summed E-state index contributed by atoms with van der Waals surface area (Å²) in [5, 5.41) is 23.2. The molecule has 174 valence electrons. The summed E-state index contributed by atoms with van der Waals surface area (Å²) in [4.78, 5) is 12.5. The van der Waals surface area contributed by atoms with E-state index in [0.29, 0.717) is 16.0 Å². The van der Waals surface area contributed by atoms with Crippen molar-refractivity contribution in [3.63, 3.8) is 0 Å². The lowest BCUT2D eigenvalue weighted by Crippen LogP contribution is -2.47. The Hall–Kier alpha value is -2.27. The quantitative estimate of drug-likeness (QED) is 0.562. The Morgan fingerprint density at radius 3 is 2.91 bits per heavy atom. The molecular weight excluding hydrogens is 446 g/mol. The molecule has 1 aromatic rings. The van der Waals surface area contributed by atoms with Gasteiger partial charge in [-0.25, -0.2) is 8.96 Å². The van der Waals surface area contributed by atoms with Crippen molar-refractivity contribution in [1.29, 1.82) is 0 Å². The number of hydrogen-bond donors (Lipinski definition) is 3. The van der Waals surface area contributed by atoms with E-state index in [1.54, 1.807) is 19.1 Å². The molecule has 12 heteroatoms. The van der Waals surface area contributed by atoms with Crippen LogP contribution in [-0.2, 0) is 29.8 Å². The maximum absolute atomic E-state index is 16.0. The first-order chi connectivity index (χ1) is 16.0. The number of amides is 1. The van der Waals surface area contributed by atoms with Crippen molar-refractivity contribution in [2.45, 2.75) is 51.6 Å². The van der Waals surface area contributed by atoms with Crippen LogP contribution in [-0.4, -0.2) is 51.8 Å². The molecule has 1 amide bonds. The first kappa shape index (κ1) is 19.2. The number of nitrogens with zero attached hydrogens (tertiary/aromatic N) is 1. The van der Waals surface area contributed by atoms with Crippen LogP contribution in [0, 0.1) is 13.8 Å². The summed E-state index contributed by atoms with van der Waals surface area (Å²) in [5.74, 6) is -4.72. The third kappa shape index (κ3) is 3.96. The second-order valence-corrected chi connectivity index (χ2v) is 9.15. The lowest BCUT2D eigenvalue weighted by molar-refractivity contribution is -0.208. The zero-order valence-electron chi connectivity index (χ0n) is 20.4. The van der Waals surface area contributed by atoms with Gasteiger partial charge in [-0.1, -0.05) is 24.3 Å². The molecule has 10 nitrogen and oxygen atoms in total. The van der Waals surface area contributed by atoms with Crippen LogP contribution in [0.4, 0.5) is 4.39 Å². The summed E-state index contributed by atoms with van der Waals surface area (Å²) in [6.45, 7) is 4.27. The fourth-order valence-corrected chi connectivity index (χ4v) is 4.59. The van der Waals surface area contributed by atoms with Crippen molar-refractivity contribution < 1.29 is 46.4 Å². The molecule has 3 N–H and O–H groups in total. The fraction of sp³-hybridized carbons (Fsp3) is 0.450. The average molecular weight is 473 g/mol. The maximum Gasteiger partial charge on any atom is 0.530 e. The minimum absolute atomic E-state index is 0.0302. The number of phosphoric acid groups is 1. The van der Waals surface area contributed by atoms with Crippen LogP contribution in [0.5, 0.6) is 5.75 Å². The molecule has 1 unspecified atom stereocenters. The summed E-state index contributed by atoms with van der Waals surface area (Å²) in [5.41, 5.74) is 1.96. The molecule has 0 radical (unpaired) electrons. The smallest absolute Gasteiger partial charge is 0.403 e. The van der Waals surface area contributed by atoms with E-state index < -0.39 is 44.6 Å². The standard InChI is InChI=1S/C20H24FN2O8P/c1-10-5-11(2)16-14(6-10)8-28-32(27,31-16)29-9-20(21)17(25)15(24)19(30-20)23-7-12(3)18(26)22-13(23)4/h5-7,15,17,19,24-25H,4,8-9H2,1-3H3,(H,22,26)/t15-,17+,19-,20-,32?/m1/s1/i9D2,19D. The molecule has 1 aromatic carbocycles. The van der Waals surface area contributed by atoms with Crippen LogP contribution in [0.25, 0.3) is 0 Å². The van der Waals surface area contributed by atoms with Crippen LogP contribution in [0.15, 0.2) is 36.3 Å². The van der Waals surface area contributed by atoms with E-state index in [2.05, 4.69) is 11.9 Å². The highest BCUT2D eigenvalue weighted by Crippen LogP contribution is 2.56. The molecule has 32 heavy (non-hydrogen) atoms. The largest absolute Gasteiger partial charge is 0.530 e. The molecule has 3 heterocycles. The van der Waals surface area contributed by atoms with E-state index in [1.165, 1.54) is 6.92 Å². The highest BCUT2D eigenvalue weighted by atomic mass is 31.2. The molecule has 0 aliphatic carbocycles. The normalized spacial score (nSPS) is 38.8. The second-order valence-electron chi connectivity index (χ2n) is 7.63. The highest BCUT2D eigenvalue weighted by Gasteiger charge is 2.58. The molecule has 0 aromatic heterocycles. The molecule has 3 aliphatic rings. The lowest BCUT2D eigenvalue weighted by atomic mass is 10.1. The Labute approximate surface area is 188 Å². The fourth-order valence-electron chi connectivity index (χ4n) is 3.43. The van der Waals surface area contributed by atoms with E-state index in [0.717, 1.165) is 11.8 Å². The van der Waals surface area contributed by atoms with Crippen LogP contribution >= 0.6 is 7.82 Å². The molecule has 5 atom stereocenters. The zero-order chi connectivity index (χ0) is 26.1. The number of rotatable bonds is 4. The molecule has 4 rings (SSSR count). The van der Waals surface area contributed by atoms with Gasteiger partial charge in [-0.2, -0.15) is 0 Å². The minimum Gasteiger partial charge on any atom is -0.403 e. The number of ether oxygens (including phenoxy) is 1. The van der Waals surface area contributed by atoms with Gasteiger partial charge >= 0.3 is 7.82 Å². The van der Waals surface area contributed by atoms with Crippen LogP contribution in [0.1, 0.15) is 27.7 Å². The predicted octanol–water partition coefficient (Wildman–Crippen LogP) is 1.89. The van der Waals surface area contributed by atoms with E-state index in [9.17, 15) is 19.6 Å². The molecule has 3 aliphatic heterocycles. The number of phosphoric ester groups is 1. The van der Waals surface area contributed by atoms with Gasteiger partial charge in [0, 0.05) is 17.3 Å². The molecule has 1 saturated heterocycles. The highest BCUT2D eigenvalue weighted by molar-refractivity contribution is 7.49. The van der Waals surface area contributed by atoms with Crippen molar-refractivity contribution in [2.75, 3.05) is 6.56 Å². The number of carbonyl (C=O) groups is 1. The number of aliphatic hydroxyl groups excluding tert-OH is 2. The van der Waals surface area contributed by atoms with Gasteiger partial charge in [0.2, 0.25) is 0 Å². The molecular formula is C20H24FN2O8P. The topological polar surface area (TPSA) is 127 Å². The van der Waals surface area contributed by atoms with Gasteiger partial charge in [-0.15, -0.1) is 0 Å². The Bertz CT molecular complexity index is 1200. The molecule has 0 saturated carbocycles. The van der Waals surface area contributed by atoms with Gasteiger partial charge in [0.25, 0.3) is 11.8 Å². The first-order valence-corrected chi connectivity index (χ1v) is 11.0. The second kappa shape index (κ2) is 7.95. The van der Waals surface area contributed by atoms with E-state index in [1.807, 2.05) is 6.92 Å². The minimum atomic E-state index is -4.80. The number of benzene rings is 1. The number of hydrogen-bond acceptors (Lipinski definition) is 9. The number of alkyl halides is 1. The van der Waals surface area contributed by atoms with Crippen molar-refractivity contribution in [3.05, 3.63) is 53.0 Å². The Balaban J connectivity index is 1.64. The maximum atomic E-state index is 16.0. The summed E-state index contributed by atoms with van der Waals surface area (Å²) in [7, 11) is -4.80.